The molecule has 1 aromatic rings. The van der Waals surface area contributed by atoms with Crippen molar-refractivity contribution < 1.29 is 4.79 Å². The molecule has 5 nitrogen and oxygen atoms in total. The van der Waals surface area contributed by atoms with Crippen LogP contribution in [0.2, 0.25) is 0 Å². The third-order valence-corrected chi connectivity index (χ3v) is 5.67. The Morgan fingerprint density at radius 2 is 2.04 bits per heavy atom. The monoisotopic (exact) mass is 365 g/mol. The molecule has 2 heterocycles. The zero-order chi connectivity index (χ0) is 18.2. The Morgan fingerprint density at radius 3 is 2.76 bits per heavy atom. The Hall–Kier alpha value is -1.30. The fourth-order valence-electron chi connectivity index (χ4n) is 3.04. The molecular weight excluding hydrogens is 334 g/mol. The van der Waals surface area contributed by atoms with Crippen LogP contribution in [0.3, 0.4) is 0 Å². The lowest BCUT2D eigenvalue weighted by Crippen LogP contribution is -2.31. The number of amides is 1. The summed E-state index contributed by atoms with van der Waals surface area (Å²) in [6.45, 7) is 7.01. The molecule has 0 spiro atoms. The number of nitrogens with one attached hydrogen (secondary N) is 1. The minimum atomic E-state index is -0.0780. The minimum absolute atomic E-state index is 0.0341. The molecule has 0 aliphatic carbocycles. The van der Waals surface area contributed by atoms with E-state index in [2.05, 4.69) is 17.2 Å². The summed E-state index contributed by atoms with van der Waals surface area (Å²) in [5.74, 6) is 1.01. The van der Waals surface area contributed by atoms with Gasteiger partial charge in [0, 0.05) is 24.8 Å². The number of carbonyl (C=O) groups excluding carboxylic acids is 1. The van der Waals surface area contributed by atoms with Gasteiger partial charge in [-0.15, -0.1) is 0 Å². The van der Waals surface area contributed by atoms with Gasteiger partial charge in [0.2, 0.25) is 5.91 Å². The van der Waals surface area contributed by atoms with E-state index in [0.29, 0.717) is 6.42 Å². The SMILES string of the molecule is CCCCCCCCNC(=O)CC1CSc2nc(C(C)C)cc(=O)n21. The van der Waals surface area contributed by atoms with E-state index in [4.69, 9.17) is 0 Å². The summed E-state index contributed by atoms with van der Waals surface area (Å²) >= 11 is 1.58. The van der Waals surface area contributed by atoms with Gasteiger partial charge in [-0.25, -0.2) is 4.98 Å². The normalized spacial score (nSPS) is 16.2. The fraction of sp³-hybridized carbons (Fsp3) is 0.737. The van der Waals surface area contributed by atoms with Crippen LogP contribution in [-0.2, 0) is 4.79 Å². The van der Waals surface area contributed by atoms with Gasteiger partial charge in [-0.05, 0) is 12.3 Å². The Morgan fingerprint density at radius 1 is 1.32 bits per heavy atom. The summed E-state index contributed by atoms with van der Waals surface area (Å²) in [5, 5.41) is 3.75. The Balaban J connectivity index is 1.79. The van der Waals surface area contributed by atoms with E-state index in [1.807, 2.05) is 13.8 Å². The van der Waals surface area contributed by atoms with Crippen LogP contribution in [0.25, 0.3) is 0 Å². The predicted octanol–water partition coefficient (Wildman–Crippen LogP) is 3.88. The highest BCUT2D eigenvalue weighted by atomic mass is 32.2. The van der Waals surface area contributed by atoms with Crippen molar-refractivity contribution in [2.75, 3.05) is 12.3 Å². The van der Waals surface area contributed by atoms with Gasteiger partial charge in [0.25, 0.3) is 5.56 Å². The maximum Gasteiger partial charge on any atom is 0.254 e. The number of aromatic nitrogens is 2. The van der Waals surface area contributed by atoms with Gasteiger partial charge in [-0.1, -0.05) is 64.6 Å². The molecule has 1 atom stereocenters. The molecule has 1 amide bonds. The van der Waals surface area contributed by atoms with Crippen LogP contribution < -0.4 is 10.9 Å². The van der Waals surface area contributed by atoms with Gasteiger partial charge >= 0.3 is 0 Å². The lowest BCUT2D eigenvalue weighted by molar-refractivity contribution is -0.121. The summed E-state index contributed by atoms with van der Waals surface area (Å²) in [7, 11) is 0. The summed E-state index contributed by atoms with van der Waals surface area (Å²) in [5.41, 5.74) is 0.796. The number of thioether (sulfide) groups is 1. The number of carbonyl (C=O) groups is 1. The van der Waals surface area contributed by atoms with Crippen molar-refractivity contribution in [3.8, 4) is 0 Å². The highest BCUT2D eigenvalue weighted by Crippen LogP contribution is 2.32. The highest BCUT2D eigenvalue weighted by Gasteiger charge is 2.27. The van der Waals surface area contributed by atoms with Crippen LogP contribution in [-0.4, -0.2) is 27.8 Å². The standard InChI is InChI=1S/C19H31N3O2S/c1-4-5-6-7-8-9-10-20-17(23)11-15-13-25-19-21-16(14(2)3)12-18(24)22(15)19/h12,14-15H,4-11,13H2,1-3H3,(H,20,23). The van der Waals surface area contributed by atoms with E-state index < -0.39 is 0 Å². The van der Waals surface area contributed by atoms with E-state index >= 15 is 0 Å². The van der Waals surface area contributed by atoms with Crippen LogP contribution >= 0.6 is 11.8 Å². The molecule has 0 radical (unpaired) electrons. The number of unbranched alkanes of at least 4 members (excludes halogenated alkanes) is 5. The molecule has 0 aromatic carbocycles. The van der Waals surface area contributed by atoms with E-state index in [1.54, 1.807) is 22.4 Å². The molecule has 25 heavy (non-hydrogen) atoms. The zero-order valence-corrected chi connectivity index (χ0v) is 16.5. The Kier molecular flexibility index (Phi) is 8.00. The summed E-state index contributed by atoms with van der Waals surface area (Å²) in [6.07, 6.45) is 7.65. The molecule has 1 aliphatic heterocycles. The van der Waals surface area contributed by atoms with Crippen LogP contribution in [0, 0.1) is 0 Å². The topological polar surface area (TPSA) is 64.0 Å². The van der Waals surface area contributed by atoms with Gasteiger partial charge in [0.1, 0.15) is 0 Å². The van der Waals surface area contributed by atoms with Gasteiger partial charge < -0.3 is 5.32 Å². The van der Waals surface area contributed by atoms with Crippen molar-refractivity contribution in [2.24, 2.45) is 0 Å². The third-order valence-electron chi connectivity index (χ3n) is 4.57. The molecule has 2 rings (SSSR count). The van der Waals surface area contributed by atoms with Gasteiger partial charge in [-0.2, -0.15) is 0 Å². The quantitative estimate of drug-likeness (QED) is 0.505. The first kappa shape index (κ1) is 20.0. The summed E-state index contributed by atoms with van der Waals surface area (Å²) in [4.78, 5) is 29.1. The second-order valence-corrected chi connectivity index (χ2v) is 8.10. The predicted molar refractivity (Wildman–Crippen MR) is 103 cm³/mol. The van der Waals surface area contributed by atoms with Crippen molar-refractivity contribution in [1.82, 2.24) is 14.9 Å². The van der Waals surface area contributed by atoms with Crippen molar-refractivity contribution >= 4 is 17.7 Å². The van der Waals surface area contributed by atoms with Crippen LogP contribution in [0.15, 0.2) is 16.0 Å². The lowest BCUT2D eigenvalue weighted by atomic mass is 10.1. The molecule has 0 fully saturated rings. The number of nitrogens with zero attached hydrogens (tertiary/aromatic N) is 2. The molecule has 6 heteroatoms. The van der Waals surface area contributed by atoms with Crippen molar-refractivity contribution in [2.45, 2.75) is 82.8 Å². The third kappa shape index (κ3) is 5.87. The molecule has 1 N–H and O–H groups in total. The largest absolute Gasteiger partial charge is 0.356 e. The van der Waals surface area contributed by atoms with Crippen LogP contribution in [0.1, 0.15) is 83.4 Å². The van der Waals surface area contributed by atoms with Gasteiger partial charge in [0.15, 0.2) is 5.16 Å². The lowest BCUT2D eigenvalue weighted by Gasteiger charge is -2.14. The van der Waals surface area contributed by atoms with Crippen LogP contribution in [0.4, 0.5) is 0 Å². The van der Waals surface area contributed by atoms with Crippen molar-refractivity contribution in [3.05, 3.63) is 22.1 Å². The smallest absolute Gasteiger partial charge is 0.254 e. The first-order valence-corrected chi connectivity index (χ1v) is 10.5. The molecular formula is C19H31N3O2S. The maximum absolute atomic E-state index is 12.4. The Labute approximate surface area is 155 Å². The van der Waals surface area contributed by atoms with E-state index in [9.17, 15) is 9.59 Å². The average Bonchev–Trinajstić information content (AvgIpc) is 2.97. The van der Waals surface area contributed by atoms with Crippen molar-refractivity contribution in [3.63, 3.8) is 0 Å². The number of rotatable bonds is 10. The van der Waals surface area contributed by atoms with Crippen molar-refractivity contribution in [1.29, 1.82) is 0 Å². The number of hydrogen-bond acceptors (Lipinski definition) is 4. The minimum Gasteiger partial charge on any atom is -0.356 e. The second kappa shape index (κ2) is 10.00. The summed E-state index contributed by atoms with van der Waals surface area (Å²) < 4.78 is 1.70. The first-order valence-electron chi connectivity index (χ1n) is 9.56. The molecule has 0 saturated heterocycles. The van der Waals surface area contributed by atoms with E-state index in [1.165, 1.54) is 32.1 Å². The first-order chi connectivity index (χ1) is 12.0. The van der Waals surface area contributed by atoms with Gasteiger partial charge in [-0.3, -0.25) is 14.2 Å². The zero-order valence-electron chi connectivity index (χ0n) is 15.7. The molecule has 1 aromatic heterocycles. The molecule has 0 bridgehead atoms. The van der Waals surface area contributed by atoms with Crippen LogP contribution in [0.5, 0.6) is 0 Å². The van der Waals surface area contributed by atoms with Gasteiger partial charge in [0.05, 0.1) is 11.7 Å². The second-order valence-electron chi connectivity index (χ2n) is 7.11. The average molecular weight is 366 g/mol. The summed E-state index contributed by atoms with van der Waals surface area (Å²) in [6, 6.07) is 1.53. The molecule has 140 valence electrons. The number of fused-ring (bicyclic) bond motifs is 1. The van der Waals surface area contributed by atoms with E-state index in [-0.39, 0.29) is 23.4 Å². The molecule has 0 saturated carbocycles. The Bertz CT molecular complexity index is 628. The maximum atomic E-state index is 12.4. The fourth-order valence-corrected chi connectivity index (χ4v) is 4.19. The van der Waals surface area contributed by atoms with E-state index in [0.717, 1.165) is 29.6 Å². The number of hydrogen-bond donors (Lipinski definition) is 1. The molecule has 1 unspecified atom stereocenters. The molecule has 1 aliphatic rings. The highest BCUT2D eigenvalue weighted by molar-refractivity contribution is 7.99.